The van der Waals surface area contributed by atoms with E-state index in [9.17, 15) is 19.5 Å². The van der Waals surface area contributed by atoms with Gasteiger partial charge in [-0.25, -0.2) is 0 Å². The van der Waals surface area contributed by atoms with Crippen molar-refractivity contribution in [2.75, 3.05) is 0 Å². The van der Waals surface area contributed by atoms with Crippen LogP contribution in [0.2, 0.25) is 0 Å². The molecule has 4 fully saturated rings. The van der Waals surface area contributed by atoms with E-state index in [4.69, 9.17) is 4.74 Å². The van der Waals surface area contributed by atoms with Gasteiger partial charge in [-0.1, -0.05) is 27.7 Å². The molecule has 0 aliphatic heterocycles. The molecule has 0 unspecified atom stereocenters. The van der Waals surface area contributed by atoms with Gasteiger partial charge in [0.1, 0.15) is 11.9 Å². The third-order valence-corrected chi connectivity index (χ3v) is 11.0. The van der Waals surface area contributed by atoms with Gasteiger partial charge >= 0.3 is 11.9 Å². The van der Waals surface area contributed by atoms with Crippen LogP contribution in [0.3, 0.4) is 0 Å². The smallest absolute Gasteiger partial charge is 0.303 e. The number of Topliss-reactive ketones (excluding diaryl/α,β-unsaturated/α-hetero) is 1. The Hall–Kier alpha value is -1.39. The predicted octanol–water partition coefficient (Wildman–Crippen LogP) is 5.89. The summed E-state index contributed by atoms with van der Waals surface area (Å²) >= 11 is 0. The molecule has 0 bridgehead atoms. The zero-order valence-corrected chi connectivity index (χ0v) is 21.3. The van der Waals surface area contributed by atoms with Crippen LogP contribution in [0, 0.1) is 52.3 Å². The summed E-state index contributed by atoms with van der Waals surface area (Å²) in [6.07, 6.45) is 9.09. The standard InChI is InChI=1S/C28H44O5/c1-6-19-23-15-18(33-17(3)29)11-13-28(23,5)22-12-14-27(4)20(16(2)7-10-24(30)31)8-9-21(27)25(22)26(19)32/h16,18-23,25H,6-15H2,1-5H3,(H,30,31)/t16-,18-,19-,20-,21+,22+,23+,25+,27-,28-/m1/s1. The minimum atomic E-state index is -0.707. The van der Waals surface area contributed by atoms with E-state index in [0.717, 1.165) is 57.8 Å². The first-order valence-electron chi connectivity index (χ1n) is 13.5. The molecule has 4 aliphatic carbocycles. The number of esters is 1. The largest absolute Gasteiger partial charge is 0.481 e. The van der Waals surface area contributed by atoms with Gasteiger partial charge in [-0.2, -0.15) is 0 Å². The third-order valence-electron chi connectivity index (χ3n) is 11.0. The number of carboxylic acids is 1. The van der Waals surface area contributed by atoms with Crippen molar-refractivity contribution >= 4 is 17.7 Å². The first-order valence-corrected chi connectivity index (χ1v) is 13.5. The van der Waals surface area contributed by atoms with Gasteiger partial charge in [0.15, 0.2) is 0 Å². The lowest BCUT2D eigenvalue weighted by Crippen LogP contribution is -2.60. The van der Waals surface area contributed by atoms with Gasteiger partial charge in [-0.05, 0) is 98.2 Å². The molecule has 0 heterocycles. The summed E-state index contributed by atoms with van der Waals surface area (Å²) in [6.45, 7) is 10.7. The van der Waals surface area contributed by atoms with Crippen molar-refractivity contribution in [3.05, 3.63) is 0 Å². The molecule has 33 heavy (non-hydrogen) atoms. The second-order valence-corrected chi connectivity index (χ2v) is 12.4. The highest BCUT2D eigenvalue weighted by Crippen LogP contribution is 2.68. The summed E-state index contributed by atoms with van der Waals surface area (Å²) in [5.41, 5.74) is 0.287. The molecule has 10 atom stereocenters. The summed E-state index contributed by atoms with van der Waals surface area (Å²) in [5.74, 6) is 1.87. The van der Waals surface area contributed by atoms with Crippen LogP contribution in [0.5, 0.6) is 0 Å². The van der Waals surface area contributed by atoms with Crippen LogP contribution in [-0.4, -0.2) is 28.9 Å². The molecule has 4 aliphatic rings. The quantitative estimate of drug-likeness (QED) is 0.500. The van der Waals surface area contributed by atoms with Crippen molar-refractivity contribution in [3.63, 3.8) is 0 Å². The Morgan fingerprint density at radius 1 is 1.06 bits per heavy atom. The lowest BCUT2D eigenvalue weighted by atomic mass is 9.42. The van der Waals surface area contributed by atoms with Crippen LogP contribution >= 0.6 is 0 Å². The molecule has 0 radical (unpaired) electrons. The lowest BCUT2D eigenvalue weighted by molar-refractivity contribution is -0.178. The highest BCUT2D eigenvalue weighted by atomic mass is 16.5. The van der Waals surface area contributed by atoms with Crippen molar-refractivity contribution in [2.24, 2.45) is 52.3 Å². The van der Waals surface area contributed by atoms with Crippen LogP contribution < -0.4 is 0 Å². The van der Waals surface area contributed by atoms with Gasteiger partial charge in [-0.15, -0.1) is 0 Å². The summed E-state index contributed by atoms with van der Waals surface area (Å²) in [7, 11) is 0. The Kier molecular flexibility index (Phi) is 6.74. The van der Waals surface area contributed by atoms with Gasteiger partial charge in [0.2, 0.25) is 0 Å². The number of carboxylic acid groups (broad SMARTS) is 1. The summed E-state index contributed by atoms with van der Waals surface area (Å²) in [6, 6.07) is 0. The number of fused-ring (bicyclic) bond motifs is 5. The highest BCUT2D eigenvalue weighted by molar-refractivity contribution is 5.86. The molecule has 0 aromatic heterocycles. The van der Waals surface area contributed by atoms with Crippen LogP contribution in [0.4, 0.5) is 0 Å². The molecule has 0 spiro atoms. The lowest BCUT2D eigenvalue weighted by Gasteiger charge is -2.62. The van der Waals surface area contributed by atoms with Gasteiger partial charge in [0.25, 0.3) is 0 Å². The van der Waals surface area contributed by atoms with Crippen molar-refractivity contribution in [1.82, 2.24) is 0 Å². The SMILES string of the molecule is CC[C@H]1C(=O)[C@@H]2[C@H](CC[C@]3(C)[C@@H]([C@H](C)CCC(=O)O)CC[C@@H]23)[C@@]2(C)CC[C@@H](OC(C)=O)C[C@@H]12. The van der Waals surface area contributed by atoms with E-state index in [0.29, 0.717) is 35.4 Å². The number of carbonyl (C=O) groups excluding carboxylic acids is 2. The maximum Gasteiger partial charge on any atom is 0.303 e. The number of ether oxygens (including phenoxy) is 1. The maximum atomic E-state index is 14.1. The Morgan fingerprint density at radius 3 is 2.36 bits per heavy atom. The Labute approximate surface area is 199 Å². The molecular weight excluding hydrogens is 416 g/mol. The average molecular weight is 461 g/mol. The molecule has 4 saturated carbocycles. The number of ketones is 1. The van der Waals surface area contributed by atoms with Crippen molar-refractivity contribution in [3.8, 4) is 0 Å². The number of carbonyl (C=O) groups is 3. The first-order chi connectivity index (χ1) is 15.5. The highest BCUT2D eigenvalue weighted by Gasteiger charge is 2.65. The van der Waals surface area contributed by atoms with Crippen LogP contribution in [0.15, 0.2) is 0 Å². The van der Waals surface area contributed by atoms with Crippen molar-refractivity contribution in [1.29, 1.82) is 0 Å². The van der Waals surface area contributed by atoms with Gasteiger partial charge in [-0.3, -0.25) is 14.4 Å². The molecule has 1 N–H and O–H groups in total. The van der Waals surface area contributed by atoms with Gasteiger partial charge < -0.3 is 9.84 Å². The van der Waals surface area contributed by atoms with E-state index in [-0.39, 0.29) is 41.2 Å². The summed E-state index contributed by atoms with van der Waals surface area (Å²) < 4.78 is 5.62. The van der Waals surface area contributed by atoms with Crippen LogP contribution in [0.25, 0.3) is 0 Å². The molecular formula is C28H44O5. The average Bonchev–Trinajstić information content (AvgIpc) is 3.10. The molecule has 0 aromatic rings. The zero-order valence-electron chi connectivity index (χ0n) is 21.3. The number of rotatable bonds is 6. The first kappa shape index (κ1) is 24.7. The Morgan fingerprint density at radius 2 is 1.73 bits per heavy atom. The molecule has 0 aromatic carbocycles. The fraction of sp³-hybridized carbons (Fsp3) is 0.893. The van der Waals surface area contributed by atoms with E-state index in [1.165, 1.54) is 6.92 Å². The molecule has 0 saturated heterocycles. The molecule has 5 nitrogen and oxygen atoms in total. The van der Waals surface area contributed by atoms with E-state index in [1.54, 1.807) is 0 Å². The van der Waals surface area contributed by atoms with Crippen molar-refractivity contribution < 1.29 is 24.2 Å². The summed E-state index contributed by atoms with van der Waals surface area (Å²) in [5, 5.41) is 9.18. The Bertz CT molecular complexity index is 791. The van der Waals surface area contributed by atoms with Gasteiger partial charge in [0, 0.05) is 25.2 Å². The maximum absolute atomic E-state index is 14.1. The zero-order chi connectivity index (χ0) is 24.1. The van der Waals surface area contributed by atoms with E-state index in [2.05, 4.69) is 27.7 Å². The second kappa shape index (κ2) is 9.00. The summed E-state index contributed by atoms with van der Waals surface area (Å²) in [4.78, 5) is 36.9. The molecule has 186 valence electrons. The predicted molar refractivity (Wildman–Crippen MR) is 126 cm³/mol. The Balaban J connectivity index is 1.60. The minimum absolute atomic E-state index is 0.0428. The molecule has 4 rings (SSSR count). The van der Waals surface area contributed by atoms with Crippen LogP contribution in [-0.2, 0) is 19.1 Å². The minimum Gasteiger partial charge on any atom is -0.481 e. The van der Waals surface area contributed by atoms with E-state index < -0.39 is 5.97 Å². The second-order valence-electron chi connectivity index (χ2n) is 12.4. The van der Waals surface area contributed by atoms with Crippen LogP contribution in [0.1, 0.15) is 98.8 Å². The number of aliphatic carboxylic acids is 1. The monoisotopic (exact) mass is 460 g/mol. The fourth-order valence-corrected chi connectivity index (χ4v) is 9.49. The van der Waals surface area contributed by atoms with Crippen molar-refractivity contribution in [2.45, 2.75) is 105 Å². The molecule has 5 heteroatoms. The third kappa shape index (κ3) is 4.05. The van der Waals surface area contributed by atoms with Gasteiger partial charge in [0.05, 0.1) is 0 Å². The normalized spacial score (nSPS) is 45.5. The fourth-order valence-electron chi connectivity index (χ4n) is 9.49. The topological polar surface area (TPSA) is 80.7 Å². The number of hydrogen-bond acceptors (Lipinski definition) is 4. The molecule has 0 amide bonds. The van der Waals surface area contributed by atoms with E-state index >= 15 is 0 Å². The number of hydrogen-bond donors (Lipinski definition) is 1. The van der Waals surface area contributed by atoms with E-state index in [1.807, 2.05) is 0 Å².